The third-order valence-electron chi connectivity index (χ3n) is 2.53. The van der Waals surface area contributed by atoms with Crippen LogP contribution in [-0.2, 0) is 0 Å². The Morgan fingerprint density at radius 3 is 1.32 bits per heavy atom. The first-order chi connectivity index (χ1) is 9.41. The quantitative estimate of drug-likeness (QED) is 0.378. The van der Waals surface area contributed by atoms with Crippen molar-refractivity contribution in [1.82, 2.24) is 0 Å². The summed E-state index contributed by atoms with van der Waals surface area (Å²) in [5, 5.41) is 0. The van der Waals surface area contributed by atoms with Crippen LogP contribution in [0.2, 0.25) is 0 Å². The Morgan fingerprint density at radius 1 is 0.579 bits per heavy atom. The molecule has 0 N–H and O–H groups in total. The van der Waals surface area contributed by atoms with E-state index in [2.05, 4.69) is 74.6 Å². The van der Waals surface area contributed by atoms with Gasteiger partial charge in [0.1, 0.15) is 0 Å². The van der Waals surface area contributed by atoms with E-state index in [1.807, 2.05) is 0 Å². The lowest BCUT2D eigenvalue weighted by atomic mass is 10.2. The van der Waals surface area contributed by atoms with Crippen LogP contribution in [0.5, 0.6) is 0 Å². The fraction of sp³-hybridized carbons (Fsp3) is 0.421. The fourth-order valence-corrected chi connectivity index (χ4v) is 1.49. The lowest BCUT2D eigenvalue weighted by Crippen LogP contribution is -1.65. The second-order valence-corrected chi connectivity index (χ2v) is 4.35. The van der Waals surface area contributed by atoms with E-state index in [-0.39, 0.29) is 0 Å². The molecule has 1 radical (unpaired) electrons. The lowest BCUT2D eigenvalue weighted by molar-refractivity contribution is 1.04. The van der Waals surface area contributed by atoms with Gasteiger partial charge in [-0.2, -0.15) is 0 Å². The van der Waals surface area contributed by atoms with Gasteiger partial charge in [-0.15, -0.1) is 0 Å². The van der Waals surface area contributed by atoms with Gasteiger partial charge < -0.3 is 0 Å². The average molecular weight is 257 g/mol. The molecule has 0 spiro atoms. The van der Waals surface area contributed by atoms with Crippen molar-refractivity contribution in [3.05, 3.63) is 67.7 Å². The summed E-state index contributed by atoms with van der Waals surface area (Å²) in [6.45, 7) is 5.96. The molecule has 0 heterocycles. The molecule has 19 heavy (non-hydrogen) atoms. The third-order valence-corrected chi connectivity index (χ3v) is 2.53. The molecule has 0 unspecified atom stereocenters. The average Bonchev–Trinajstić information content (AvgIpc) is 2.43. The largest absolute Gasteiger partial charge is 0.0885 e. The van der Waals surface area contributed by atoms with Gasteiger partial charge in [0.25, 0.3) is 0 Å². The Labute approximate surface area is 120 Å². The summed E-state index contributed by atoms with van der Waals surface area (Å²) in [5.41, 5.74) is 0. The van der Waals surface area contributed by atoms with Crippen molar-refractivity contribution >= 4 is 0 Å². The highest BCUT2D eigenvalue weighted by Crippen LogP contribution is 1.96. The van der Waals surface area contributed by atoms with E-state index in [1.54, 1.807) is 0 Å². The monoisotopic (exact) mass is 257 g/mol. The van der Waals surface area contributed by atoms with Gasteiger partial charge in [-0.05, 0) is 44.9 Å². The molecule has 0 aromatic rings. The molecule has 0 aliphatic heterocycles. The molecule has 0 heteroatoms. The smallest absolute Gasteiger partial charge is 0.0169 e. The van der Waals surface area contributed by atoms with E-state index in [0.29, 0.717) is 0 Å². The van der Waals surface area contributed by atoms with Crippen molar-refractivity contribution in [2.75, 3.05) is 0 Å². The van der Waals surface area contributed by atoms with Crippen molar-refractivity contribution in [1.29, 1.82) is 0 Å². The molecule has 0 fully saturated rings. The number of hydrogen-bond acceptors (Lipinski definition) is 0. The Bertz CT molecular complexity index is 300. The van der Waals surface area contributed by atoms with Crippen molar-refractivity contribution in [3.8, 4) is 0 Å². The second-order valence-electron chi connectivity index (χ2n) is 4.35. The summed E-state index contributed by atoms with van der Waals surface area (Å²) in [5.74, 6) is 0. The second kappa shape index (κ2) is 16.7. The summed E-state index contributed by atoms with van der Waals surface area (Å²) in [6.07, 6.45) is 29.5. The van der Waals surface area contributed by atoms with Gasteiger partial charge in [0.2, 0.25) is 0 Å². The highest BCUT2D eigenvalue weighted by molar-refractivity contribution is 5.00. The molecule has 0 amide bonds. The fourth-order valence-electron chi connectivity index (χ4n) is 1.49. The summed E-state index contributed by atoms with van der Waals surface area (Å²) < 4.78 is 0. The molecule has 0 saturated heterocycles. The van der Waals surface area contributed by atoms with Crippen molar-refractivity contribution in [3.63, 3.8) is 0 Å². The van der Waals surface area contributed by atoms with Crippen LogP contribution in [0, 0.1) is 6.92 Å². The SMILES string of the molecule is [CH2]CC/C=C/C/C=C/C/C=C/C/C=C/C/C=C/CC. The molecular formula is C19H29. The van der Waals surface area contributed by atoms with E-state index in [9.17, 15) is 0 Å². The van der Waals surface area contributed by atoms with E-state index in [0.717, 1.165) is 44.9 Å². The normalized spacial score (nSPS) is 13.2. The Hall–Kier alpha value is -1.30. The van der Waals surface area contributed by atoms with Crippen molar-refractivity contribution in [2.24, 2.45) is 0 Å². The van der Waals surface area contributed by atoms with Crippen LogP contribution in [0.25, 0.3) is 0 Å². The molecule has 0 aromatic carbocycles. The summed E-state index contributed by atoms with van der Waals surface area (Å²) in [4.78, 5) is 0. The predicted molar refractivity (Wildman–Crippen MR) is 89.1 cm³/mol. The van der Waals surface area contributed by atoms with Crippen LogP contribution >= 0.6 is 0 Å². The third kappa shape index (κ3) is 16.7. The first-order valence-corrected chi connectivity index (χ1v) is 7.46. The van der Waals surface area contributed by atoms with Crippen molar-refractivity contribution < 1.29 is 0 Å². The minimum atomic E-state index is 0.991. The molecule has 0 bridgehead atoms. The molecule has 0 atom stereocenters. The minimum absolute atomic E-state index is 0.991. The molecule has 105 valence electrons. The van der Waals surface area contributed by atoms with E-state index in [4.69, 9.17) is 0 Å². The highest BCUT2D eigenvalue weighted by atomic mass is 13.8. The summed E-state index contributed by atoms with van der Waals surface area (Å²) in [6, 6.07) is 0. The zero-order chi connectivity index (χ0) is 14.0. The standard InChI is InChI=1S/C19H29/c1-3-5-7-9-11-13-15-17-19-18-16-14-12-10-8-6-4-2/h6-9,12-15,18-19H,1,3-5,10-11,16-17H2,2H3/b8-6+,9-7+,14-12+,15-13+,19-18+. The van der Waals surface area contributed by atoms with Crippen LogP contribution in [0.4, 0.5) is 0 Å². The van der Waals surface area contributed by atoms with Crippen LogP contribution < -0.4 is 0 Å². The highest BCUT2D eigenvalue weighted by Gasteiger charge is 1.75. The molecular weight excluding hydrogens is 228 g/mol. The molecule has 0 aliphatic carbocycles. The van der Waals surface area contributed by atoms with Gasteiger partial charge in [0, 0.05) is 0 Å². The van der Waals surface area contributed by atoms with Crippen molar-refractivity contribution in [2.45, 2.75) is 51.9 Å². The Balaban J connectivity index is 3.43. The van der Waals surface area contributed by atoms with Gasteiger partial charge in [0.05, 0.1) is 0 Å². The van der Waals surface area contributed by atoms with Crippen LogP contribution in [0.3, 0.4) is 0 Å². The van der Waals surface area contributed by atoms with Gasteiger partial charge in [-0.25, -0.2) is 0 Å². The Kier molecular flexibility index (Phi) is 15.6. The molecule has 0 aromatic heterocycles. The first kappa shape index (κ1) is 17.7. The maximum atomic E-state index is 3.80. The van der Waals surface area contributed by atoms with Gasteiger partial charge in [0.15, 0.2) is 0 Å². The van der Waals surface area contributed by atoms with E-state index >= 15 is 0 Å². The molecule has 0 rings (SSSR count). The zero-order valence-corrected chi connectivity index (χ0v) is 12.4. The lowest BCUT2D eigenvalue weighted by Gasteiger charge is -1.85. The maximum absolute atomic E-state index is 3.80. The molecule has 0 saturated carbocycles. The van der Waals surface area contributed by atoms with Crippen LogP contribution in [-0.4, -0.2) is 0 Å². The number of unbranched alkanes of at least 4 members (excludes halogenated alkanes) is 1. The van der Waals surface area contributed by atoms with E-state index in [1.165, 1.54) is 0 Å². The number of rotatable bonds is 11. The minimum Gasteiger partial charge on any atom is -0.0885 e. The number of hydrogen-bond donors (Lipinski definition) is 0. The van der Waals surface area contributed by atoms with Gasteiger partial charge in [-0.1, -0.05) is 74.6 Å². The Morgan fingerprint density at radius 2 is 0.947 bits per heavy atom. The number of allylic oxidation sites excluding steroid dienone is 10. The van der Waals surface area contributed by atoms with E-state index < -0.39 is 0 Å². The van der Waals surface area contributed by atoms with Crippen LogP contribution in [0.1, 0.15) is 51.9 Å². The summed E-state index contributed by atoms with van der Waals surface area (Å²) >= 11 is 0. The van der Waals surface area contributed by atoms with Gasteiger partial charge >= 0.3 is 0 Å². The predicted octanol–water partition coefficient (Wildman–Crippen LogP) is 6.35. The van der Waals surface area contributed by atoms with Crippen LogP contribution in [0.15, 0.2) is 60.8 Å². The topological polar surface area (TPSA) is 0 Å². The van der Waals surface area contributed by atoms with Gasteiger partial charge in [-0.3, -0.25) is 0 Å². The maximum Gasteiger partial charge on any atom is -0.0169 e. The molecule has 0 nitrogen and oxygen atoms in total. The summed E-state index contributed by atoms with van der Waals surface area (Å²) in [7, 11) is 0. The molecule has 0 aliphatic rings. The zero-order valence-electron chi connectivity index (χ0n) is 12.4. The first-order valence-electron chi connectivity index (χ1n) is 7.46.